The topological polar surface area (TPSA) is 0 Å². The van der Waals surface area contributed by atoms with Crippen molar-refractivity contribution in [2.75, 3.05) is 0 Å². The van der Waals surface area contributed by atoms with Crippen molar-refractivity contribution in [3.63, 3.8) is 0 Å². The summed E-state index contributed by atoms with van der Waals surface area (Å²) in [7, 11) is 0. The monoisotopic (exact) mass is 630 g/mol. The Hall–Kier alpha value is -6.50. The molecule has 0 aromatic heterocycles. The van der Waals surface area contributed by atoms with Crippen LogP contribution in [-0.2, 0) is 0 Å². The molecule has 0 fully saturated rings. The van der Waals surface area contributed by atoms with Gasteiger partial charge in [-0.05, 0) is 121 Å². The van der Waals surface area contributed by atoms with E-state index in [2.05, 4.69) is 182 Å². The lowest BCUT2D eigenvalue weighted by atomic mass is 9.82. The Morgan fingerprint density at radius 1 is 0.220 bits per heavy atom. The molecule has 11 aromatic carbocycles. The van der Waals surface area contributed by atoms with Gasteiger partial charge in [0.05, 0.1) is 0 Å². The molecule has 0 unspecified atom stereocenters. The van der Waals surface area contributed by atoms with E-state index in [4.69, 9.17) is 0 Å². The summed E-state index contributed by atoms with van der Waals surface area (Å²) in [6.07, 6.45) is 0. The minimum Gasteiger partial charge on any atom is -0.0616 e. The fourth-order valence-corrected chi connectivity index (χ4v) is 8.70. The van der Waals surface area contributed by atoms with E-state index in [-0.39, 0.29) is 0 Å². The summed E-state index contributed by atoms with van der Waals surface area (Å²) in [5.74, 6) is 0. The predicted molar refractivity (Wildman–Crippen MR) is 216 cm³/mol. The maximum atomic E-state index is 2.45. The molecule has 0 bridgehead atoms. The number of rotatable bonds is 3. The third-order valence-electron chi connectivity index (χ3n) is 11.0. The van der Waals surface area contributed by atoms with Crippen LogP contribution in [0.5, 0.6) is 0 Å². The summed E-state index contributed by atoms with van der Waals surface area (Å²) >= 11 is 0. The van der Waals surface area contributed by atoms with E-state index < -0.39 is 0 Å². The molecule has 0 saturated carbocycles. The van der Waals surface area contributed by atoms with Crippen LogP contribution in [0.1, 0.15) is 0 Å². The van der Waals surface area contributed by atoms with Gasteiger partial charge in [0.1, 0.15) is 0 Å². The number of benzene rings is 11. The first-order chi connectivity index (χ1) is 24.8. The van der Waals surface area contributed by atoms with Gasteiger partial charge in [0.2, 0.25) is 0 Å². The molecule has 11 aromatic rings. The Morgan fingerprint density at radius 3 is 1.52 bits per heavy atom. The molecule has 0 nitrogen and oxygen atoms in total. The third kappa shape index (κ3) is 3.94. The average molecular weight is 631 g/mol. The summed E-state index contributed by atoms with van der Waals surface area (Å²) < 4.78 is 0. The van der Waals surface area contributed by atoms with E-state index in [0.29, 0.717) is 0 Å². The lowest BCUT2D eigenvalue weighted by molar-refractivity contribution is 1.66. The van der Waals surface area contributed by atoms with Gasteiger partial charge in [0.15, 0.2) is 0 Å². The average Bonchev–Trinajstić information content (AvgIpc) is 3.18. The molecule has 0 heteroatoms. The van der Waals surface area contributed by atoms with Crippen molar-refractivity contribution in [1.29, 1.82) is 0 Å². The highest BCUT2D eigenvalue weighted by Crippen LogP contribution is 2.49. The van der Waals surface area contributed by atoms with Crippen molar-refractivity contribution in [3.05, 3.63) is 182 Å². The summed E-state index contributed by atoms with van der Waals surface area (Å²) in [5, 5.41) is 18.0. The van der Waals surface area contributed by atoms with Crippen LogP contribution in [0.25, 0.3) is 109 Å². The molecule has 0 atom stereocenters. The van der Waals surface area contributed by atoms with Crippen LogP contribution >= 0.6 is 0 Å². The van der Waals surface area contributed by atoms with Gasteiger partial charge in [-0.3, -0.25) is 0 Å². The Labute approximate surface area is 289 Å². The number of hydrogen-bond donors (Lipinski definition) is 0. The second-order valence-electron chi connectivity index (χ2n) is 13.6. The maximum absolute atomic E-state index is 2.45. The summed E-state index contributed by atoms with van der Waals surface area (Å²) in [6, 6.07) is 67.8. The van der Waals surface area contributed by atoms with Gasteiger partial charge in [-0.15, -0.1) is 0 Å². The van der Waals surface area contributed by atoms with Gasteiger partial charge in [-0.25, -0.2) is 0 Å². The first kappa shape index (κ1) is 27.5. The first-order valence-corrected chi connectivity index (χ1v) is 17.4. The molecule has 11 rings (SSSR count). The SMILES string of the molecule is c1ccc2cc(-c3ccc4c(-c5ccc6ccc7cccc8ccc5c6c78)c5ccccc5c(-c5cccc6ccccc56)c4c3)ccc2c1. The van der Waals surface area contributed by atoms with Crippen LogP contribution < -0.4 is 0 Å². The molecular formula is C50H30. The molecule has 0 aliphatic heterocycles. The number of fused-ring (bicyclic) bond motifs is 4. The first-order valence-electron chi connectivity index (χ1n) is 17.4. The number of hydrogen-bond acceptors (Lipinski definition) is 0. The molecule has 0 radical (unpaired) electrons. The zero-order valence-corrected chi connectivity index (χ0v) is 27.3. The van der Waals surface area contributed by atoms with Gasteiger partial charge >= 0.3 is 0 Å². The largest absolute Gasteiger partial charge is 0.0616 e. The van der Waals surface area contributed by atoms with Crippen LogP contribution in [0.4, 0.5) is 0 Å². The molecule has 0 aliphatic rings. The predicted octanol–water partition coefficient (Wildman–Crippen LogP) is 14.2. The zero-order chi connectivity index (χ0) is 32.8. The molecule has 0 aliphatic carbocycles. The van der Waals surface area contributed by atoms with Crippen LogP contribution in [-0.4, -0.2) is 0 Å². The quantitative estimate of drug-likeness (QED) is 0.135. The van der Waals surface area contributed by atoms with Crippen LogP contribution in [0.2, 0.25) is 0 Å². The molecular weight excluding hydrogens is 601 g/mol. The highest BCUT2D eigenvalue weighted by molar-refractivity contribution is 6.30. The molecule has 0 N–H and O–H groups in total. The lowest BCUT2D eigenvalue weighted by Crippen LogP contribution is -1.94. The van der Waals surface area contributed by atoms with E-state index in [9.17, 15) is 0 Å². The fraction of sp³-hybridized carbons (Fsp3) is 0. The van der Waals surface area contributed by atoms with Gasteiger partial charge in [0.25, 0.3) is 0 Å². The minimum atomic E-state index is 1.22. The van der Waals surface area contributed by atoms with Gasteiger partial charge in [-0.1, -0.05) is 170 Å². The van der Waals surface area contributed by atoms with Crippen molar-refractivity contribution < 1.29 is 0 Å². The van der Waals surface area contributed by atoms with Crippen molar-refractivity contribution in [2.24, 2.45) is 0 Å². The van der Waals surface area contributed by atoms with Crippen molar-refractivity contribution in [2.45, 2.75) is 0 Å². The fourth-order valence-electron chi connectivity index (χ4n) is 8.70. The van der Waals surface area contributed by atoms with Crippen LogP contribution in [0, 0.1) is 0 Å². The van der Waals surface area contributed by atoms with Crippen molar-refractivity contribution >= 4 is 75.4 Å². The van der Waals surface area contributed by atoms with E-state index in [1.165, 1.54) is 109 Å². The highest BCUT2D eigenvalue weighted by Gasteiger charge is 2.21. The molecule has 230 valence electrons. The summed E-state index contributed by atoms with van der Waals surface area (Å²) in [5.41, 5.74) is 7.58. The Bertz CT molecular complexity index is 3120. The normalized spacial score (nSPS) is 12.0. The van der Waals surface area contributed by atoms with E-state index in [1.54, 1.807) is 0 Å². The van der Waals surface area contributed by atoms with Gasteiger partial charge in [0, 0.05) is 0 Å². The Kier molecular flexibility index (Phi) is 5.76. The second kappa shape index (κ2) is 10.5. The smallest absolute Gasteiger partial charge is 0.00199 e. The molecule has 0 amide bonds. The Morgan fingerprint density at radius 2 is 0.700 bits per heavy atom. The molecule has 0 saturated heterocycles. The molecule has 50 heavy (non-hydrogen) atoms. The van der Waals surface area contributed by atoms with Crippen LogP contribution in [0.15, 0.2) is 182 Å². The second-order valence-corrected chi connectivity index (χ2v) is 13.6. The molecule has 0 spiro atoms. The summed E-state index contributed by atoms with van der Waals surface area (Å²) in [6.45, 7) is 0. The Balaban J connectivity index is 1.30. The standard InChI is InChI=1S/C50H30/c1-2-11-36-29-37(22-19-31(36)9-1)38-25-28-45-46(30-38)50(40-18-8-12-32-10-3-4-15-39(32)40)42-17-6-5-16-41(42)49(45)44-27-24-35-21-20-33-13-7-14-34-23-26-43(44)48(35)47(33)34/h1-30H. The minimum absolute atomic E-state index is 1.22. The lowest BCUT2D eigenvalue weighted by Gasteiger charge is -2.21. The van der Waals surface area contributed by atoms with Gasteiger partial charge in [-0.2, -0.15) is 0 Å². The summed E-state index contributed by atoms with van der Waals surface area (Å²) in [4.78, 5) is 0. The van der Waals surface area contributed by atoms with Crippen molar-refractivity contribution in [3.8, 4) is 33.4 Å². The van der Waals surface area contributed by atoms with E-state index in [1.807, 2.05) is 0 Å². The highest BCUT2D eigenvalue weighted by atomic mass is 14.2. The van der Waals surface area contributed by atoms with Gasteiger partial charge < -0.3 is 0 Å². The van der Waals surface area contributed by atoms with E-state index >= 15 is 0 Å². The van der Waals surface area contributed by atoms with E-state index in [0.717, 1.165) is 0 Å². The molecule has 0 heterocycles. The third-order valence-corrected chi connectivity index (χ3v) is 11.0. The van der Waals surface area contributed by atoms with Crippen molar-refractivity contribution in [1.82, 2.24) is 0 Å². The zero-order valence-electron chi connectivity index (χ0n) is 27.3. The maximum Gasteiger partial charge on any atom is -0.00199 e. The van der Waals surface area contributed by atoms with Crippen LogP contribution in [0.3, 0.4) is 0 Å².